The zero-order chi connectivity index (χ0) is 13.8. The van der Waals surface area contributed by atoms with E-state index in [2.05, 4.69) is 10.3 Å². The van der Waals surface area contributed by atoms with E-state index < -0.39 is 5.54 Å². The molecule has 1 heterocycles. The molecule has 1 amide bonds. The largest absolute Gasteiger partial charge is 0.396 e. The van der Waals surface area contributed by atoms with Crippen LogP contribution in [0.3, 0.4) is 0 Å². The number of halogens is 1. The van der Waals surface area contributed by atoms with Gasteiger partial charge < -0.3 is 10.4 Å². The van der Waals surface area contributed by atoms with Gasteiger partial charge in [-0.05, 0) is 32.8 Å². The van der Waals surface area contributed by atoms with Gasteiger partial charge in [-0.25, -0.2) is 0 Å². The molecule has 1 aromatic heterocycles. The standard InChI is InChI=1S/C13H19ClN2O2/c1-4-13(3,5-6-17)16-12(18)10-8-15-9(2)7-11(10)14/h7-8,17H,4-6H2,1-3H3,(H,16,18). The van der Waals surface area contributed by atoms with Crippen LogP contribution >= 0.6 is 11.6 Å². The molecule has 0 saturated heterocycles. The van der Waals surface area contributed by atoms with E-state index in [1.54, 1.807) is 6.07 Å². The topological polar surface area (TPSA) is 62.2 Å². The average Bonchev–Trinajstić information content (AvgIpc) is 2.28. The molecular weight excluding hydrogens is 252 g/mol. The van der Waals surface area contributed by atoms with Crippen molar-refractivity contribution in [1.82, 2.24) is 10.3 Å². The zero-order valence-corrected chi connectivity index (χ0v) is 11.7. The fourth-order valence-electron chi connectivity index (χ4n) is 1.61. The van der Waals surface area contributed by atoms with E-state index in [1.165, 1.54) is 6.20 Å². The summed E-state index contributed by atoms with van der Waals surface area (Å²) in [6.07, 6.45) is 2.71. The first-order chi connectivity index (χ1) is 8.41. The Morgan fingerprint density at radius 1 is 1.61 bits per heavy atom. The van der Waals surface area contributed by atoms with Gasteiger partial charge in [0.2, 0.25) is 0 Å². The Balaban J connectivity index is 2.87. The summed E-state index contributed by atoms with van der Waals surface area (Å²) in [5, 5.41) is 12.3. The quantitative estimate of drug-likeness (QED) is 0.863. The van der Waals surface area contributed by atoms with E-state index in [-0.39, 0.29) is 12.5 Å². The van der Waals surface area contributed by atoms with Crippen molar-refractivity contribution >= 4 is 17.5 Å². The highest BCUT2D eigenvalue weighted by Crippen LogP contribution is 2.19. The van der Waals surface area contributed by atoms with Crippen LogP contribution in [0, 0.1) is 6.92 Å². The van der Waals surface area contributed by atoms with Crippen molar-refractivity contribution in [1.29, 1.82) is 0 Å². The summed E-state index contributed by atoms with van der Waals surface area (Å²) < 4.78 is 0. The summed E-state index contributed by atoms with van der Waals surface area (Å²) in [6.45, 7) is 5.71. The molecule has 0 aliphatic rings. The number of aryl methyl sites for hydroxylation is 1. The third-order valence-corrected chi connectivity index (χ3v) is 3.41. The number of aromatic nitrogens is 1. The molecule has 1 atom stereocenters. The molecule has 0 spiro atoms. The third-order valence-electron chi connectivity index (χ3n) is 3.09. The Morgan fingerprint density at radius 2 is 2.28 bits per heavy atom. The molecule has 100 valence electrons. The number of rotatable bonds is 5. The Morgan fingerprint density at radius 3 is 2.78 bits per heavy atom. The molecule has 0 radical (unpaired) electrons. The first kappa shape index (κ1) is 14.9. The predicted molar refractivity (Wildman–Crippen MR) is 71.8 cm³/mol. The smallest absolute Gasteiger partial charge is 0.254 e. The lowest BCUT2D eigenvalue weighted by molar-refractivity contribution is 0.0886. The van der Waals surface area contributed by atoms with Crippen LogP contribution in [0.1, 0.15) is 42.7 Å². The number of hydrogen-bond donors (Lipinski definition) is 2. The summed E-state index contributed by atoms with van der Waals surface area (Å²) in [4.78, 5) is 16.2. The van der Waals surface area contributed by atoms with Crippen molar-refractivity contribution in [3.63, 3.8) is 0 Å². The molecule has 1 aromatic rings. The Kier molecular flexibility index (Phi) is 5.11. The van der Waals surface area contributed by atoms with Gasteiger partial charge in [0.15, 0.2) is 0 Å². The Bertz CT molecular complexity index is 437. The molecule has 5 heteroatoms. The monoisotopic (exact) mass is 270 g/mol. The number of carbonyl (C=O) groups is 1. The van der Waals surface area contributed by atoms with Gasteiger partial charge in [-0.15, -0.1) is 0 Å². The number of pyridine rings is 1. The maximum atomic E-state index is 12.1. The highest BCUT2D eigenvalue weighted by atomic mass is 35.5. The molecule has 0 aliphatic carbocycles. The SMILES string of the molecule is CCC(C)(CCO)NC(=O)c1cnc(C)cc1Cl. The molecule has 0 aliphatic heterocycles. The maximum absolute atomic E-state index is 12.1. The second kappa shape index (κ2) is 6.16. The molecule has 18 heavy (non-hydrogen) atoms. The van der Waals surface area contributed by atoms with Gasteiger partial charge >= 0.3 is 0 Å². The van der Waals surface area contributed by atoms with Gasteiger partial charge in [0.1, 0.15) is 0 Å². The summed E-state index contributed by atoms with van der Waals surface area (Å²) in [5.41, 5.74) is 0.699. The van der Waals surface area contributed by atoms with Crippen molar-refractivity contribution in [2.24, 2.45) is 0 Å². The summed E-state index contributed by atoms with van der Waals surface area (Å²) in [6, 6.07) is 1.66. The molecule has 0 fully saturated rings. The van der Waals surface area contributed by atoms with Crippen LogP contribution in [0.4, 0.5) is 0 Å². The van der Waals surface area contributed by atoms with Crippen LogP contribution < -0.4 is 5.32 Å². The van der Waals surface area contributed by atoms with Gasteiger partial charge in [-0.1, -0.05) is 18.5 Å². The summed E-state index contributed by atoms with van der Waals surface area (Å²) >= 11 is 6.02. The van der Waals surface area contributed by atoms with Crippen molar-refractivity contribution in [3.05, 3.63) is 28.5 Å². The number of amides is 1. The Labute approximate surface area is 112 Å². The van der Waals surface area contributed by atoms with Gasteiger partial charge in [0.05, 0.1) is 10.6 Å². The lowest BCUT2D eigenvalue weighted by Crippen LogP contribution is -2.46. The fraction of sp³-hybridized carbons (Fsp3) is 0.538. The second-order valence-corrected chi connectivity index (χ2v) is 5.05. The minimum atomic E-state index is -0.431. The molecule has 0 saturated carbocycles. The van der Waals surface area contributed by atoms with E-state index in [1.807, 2.05) is 20.8 Å². The molecule has 1 rings (SSSR count). The fourth-order valence-corrected chi connectivity index (χ4v) is 1.90. The van der Waals surface area contributed by atoms with Crippen molar-refractivity contribution in [3.8, 4) is 0 Å². The van der Waals surface area contributed by atoms with Crippen LogP contribution in [0.25, 0.3) is 0 Å². The molecule has 2 N–H and O–H groups in total. The minimum absolute atomic E-state index is 0.0322. The average molecular weight is 271 g/mol. The molecule has 0 aromatic carbocycles. The highest BCUT2D eigenvalue weighted by molar-refractivity contribution is 6.33. The predicted octanol–water partition coefficient (Wildman–Crippen LogP) is 2.32. The van der Waals surface area contributed by atoms with Gasteiger partial charge in [-0.2, -0.15) is 0 Å². The zero-order valence-electron chi connectivity index (χ0n) is 11.0. The lowest BCUT2D eigenvalue weighted by atomic mass is 9.94. The maximum Gasteiger partial charge on any atom is 0.254 e. The van der Waals surface area contributed by atoms with Gasteiger partial charge in [0, 0.05) is 24.0 Å². The minimum Gasteiger partial charge on any atom is -0.396 e. The number of aliphatic hydroxyl groups is 1. The first-order valence-corrected chi connectivity index (χ1v) is 6.35. The normalized spacial score (nSPS) is 14.1. The van der Waals surface area contributed by atoms with E-state index in [0.29, 0.717) is 17.0 Å². The van der Waals surface area contributed by atoms with Gasteiger partial charge in [0.25, 0.3) is 5.91 Å². The van der Waals surface area contributed by atoms with Crippen LogP contribution in [0.5, 0.6) is 0 Å². The van der Waals surface area contributed by atoms with Crippen LogP contribution in [-0.2, 0) is 0 Å². The molecule has 4 nitrogen and oxygen atoms in total. The van der Waals surface area contributed by atoms with E-state index >= 15 is 0 Å². The van der Waals surface area contributed by atoms with E-state index in [4.69, 9.17) is 16.7 Å². The Hall–Kier alpha value is -1.13. The number of hydrogen-bond acceptors (Lipinski definition) is 3. The second-order valence-electron chi connectivity index (χ2n) is 4.65. The first-order valence-electron chi connectivity index (χ1n) is 5.97. The number of nitrogens with zero attached hydrogens (tertiary/aromatic N) is 1. The number of nitrogens with one attached hydrogen (secondary N) is 1. The van der Waals surface area contributed by atoms with Crippen molar-refractivity contribution in [2.75, 3.05) is 6.61 Å². The third kappa shape index (κ3) is 3.68. The number of aliphatic hydroxyl groups excluding tert-OH is 1. The van der Waals surface area contributed by atoms with Crippen molar-refractivity contribution < 1.29 is 9.90 Å². The highest BCUT2D eigenvalue weighted by Gasteiger charge is 2.25. The lowest BCUT2D eigenvalue weighted by Gasteiger charge is -2.29. The van der Waals surface area contributed by atoms with Gasteiger partial charge in [-0.3, -0.25) is 9.78 Å². The molecule has 1 unspecified atom stereocenters. The van der Waals surface area contributed by atoms with Crippen molar-refractivity contribution in [2.45, 2.75) is 39.2 Å². The summed E-state index contributed by atoms with van der Waals surface area (Å²) in [7, 11) is 0. The van der Waals surface area contributed by atoms with Crippen LogP contribution in [-0.4, -0.2) is 28.1 Å². The molecule has 0 bridgehead atoms. The van der Waals surface area contributed by atoms with E-state index in [0.717, 1.165) is 12.1 Å². The van der Waals surface area contributed by atoms with Crippen LogP contribution in [0.15, 0.2) is 12.3 Å². The summed E-state index contributed by atoms with van der Waals surface area (Å²) in [5.74, 6) is -0.259. The van der Waals surface area contributed by atoms with E-state index in [9.17, 15) is 4.79 Å². The van der Waals surface area contributed by atoms with Crippen LogP contribution in [0.2, 0.25) is 5.02 Å². The number of carbonyl (C=O) groups excluding carboxylic acids is 1. The molecular formula is C13H19ClN2O2.